The molecule has 2 rings (SSSR count). The first-order valence-electron chi connectivity index (χ1n) is 6.11. The van der Waals surface area contributed by atoms with Crippen LogP contribution in [0.1, 0.15) is 23.9 Å². The molecule has 1 aromatic carbocycles. The van der Waals surface area contributed by atoms with Crippen molar-refractivity contribution in [3.05, 3.63) is 39.9 Å². The van der Waals surface area contributed by atoms with Crippen LogP contribution in [0.4, 0.5) is 5.13 Å². The molecule has 1 heterocycles. The van der Waals surface area contributed by atoms with Crippen molar-refractivity contribution in [1.82, 2.24) is 10.2 Å². The predicted octanol–water partition coefficient (Wildman–Crippen LogP) is 2.97. The van der Waals surface area contributed by atoms with Gasteiger partial charge in [0.2, 0.25) is 5.13 Å². The zero-order valence-electron chi connectivity index (χ0n) is 10.6. The van der Waals surface area contributed by atoms with Crippen LogP contribution in [0.3, 0.4) is 0 Å². The van der Waals surface area contributed by atoms with E-state index >= 15 is 0 Å². The highest BCUT2D eigenvalue weighted by molar-refractivity contribution is 7.15. The summed E-state index contributed by atoms with van der Waals surface area (Å²) in [6.45, 7) is 2.18. The summed E-state index contributed by atoms with van der Waals surface area (Å²) in [5.74, 6) is 0. The fourth-order valence-corrected chi connectivity index (χ4v) is 2.65. The van der Waals surface area contributed by atoms with E-state index in [4.69, 9.17) is 16.7 Å². The van der Waals surface area contributed by atoms with Crippen molar-refractivity contribution in [3.63, 3.8) is 0 Å². The molecular formula is C13H16ClN3OS. The van der Waals surface area contributed by atoms with Gasteiger partial charge in [0.1, 0.15) is 5.01 Å². The lowest BCUT2D eigenvalue weighted by molar-refractivity contribution is 0.282. The number of aliphatic hydroxyl groups is 1. The SMILES string of the molecule is CC(CCO)Nc1nnc(Cc2ccc(Cl)cc2)s1. The van der Waals surface area contributed by atoms with Crippen LogP contribution >= 0.6 is 22.9 Å². The summed E-state index contributed by atoms with van der Waals surface area (Å²) in [6, 6.07) is 7.93. The van der Waals surface area contributed by atoms with Gasteiger partial charge in [-0.3, -0.25) is 0 Å². The smallest absolute Gasteiger partial charge is 0.205 e. The molecule has 0 aliphatic carbocycles. The number of benzene rings is 1. The van der Waals surface area contributed by atoms with Crippen molar-refractivity contribution in [1.29, 1.82) is 0 Å². The lowest BCUT2D eigenvalue weighted by Gasteiger charge is -2.09. The fraction of sp³-hybridized carbons (Fsp3) is 0.385. The molecule has 4 nitrogen and oxygen atoms in total. The van der Waals surface area contributed by atoms with Gasteiger partial charge in [0.15, 0.2) is 0 Å². The molecule has 1 atom stereocenters. The number of halogens is 1. The summed E-state index contributed by atoms with van der Waals surface area (Å²) in [5, 5.41) is 22.8. The second-order valence-electron chi connectivity index (χ2n) is 4.36. The maximum Gasteiger partial charge on any atom is 0.205 e. The van der Waals surface area contributed by atoms with Crippen molar-refractivity contribution < 1.29 is 5.11 Å². The average molecular weight is 298 g/mol. The van der Waals surface area contributed by atoms with Crippen molar-refractivity contribution in [2.24, 2.45) is 0 Å². The molecule has 0 saturated heterocycles. The van der Waals surface area contributed by atoms with Crippen LogP contribution in [0.5, 0.6) is 0 Å². The van der Waals surface area contributed by atoms with Crippen LogP contribution < -0.4 is 5.32 Å². The molecule has 0 radical (unpaired) electrons. The second kappa shape index (κ2) is 6.84. The number of nitrogens with one attached hydrogen (secondary N) is 1. The zero-order valence-corrected chi connectivity index (χ0v) is 12.2. The molecule has 0 bridgehead atoms. The topological polar surface area (TPSA) is 58.0 Å². The standard InChI is InChI=1S/C13H16ClN3OS/c1-9(6-7-18)15-13-17-16-12(19-13)8-10-2-4-11(14)5-3-10/h2-5,9,18H,6-8H2,1H3,(H,15,17). The minimum absolute atomic E-state index is 0.171. The van der Waals surface area contributed by atoms with E-state index in [1.165, 1.54) is 11.3 Å². The van der Waals surface area contributed by atoms with E-state index in [-0.39, 0.29) is 12.6 Å². The van der Waals surface area contributed by atoms with E-state index in [0.717, 1.165) is 27.1 Å². The van der Waals surface area contributed by atoms with E-state index in [9.17, 15) is 0 Å². The molecule has 2 N–H and O–H groups in total. The van der Waals surface area contributed by atoms with Crippen LogP contribution in [0.2, 0.25) is 5.02 Å². The van der Waals surface area contributed by atoms with Gasteiger partial charge in [0.05, 0.1) is 0 Å². The van der Waals surface area contributed by atoms with E-state index in [0.29, 0.717) is 6.42 Å². The van der Waals surface area contributed by atoms with E-state index in [1.807, 2.05) is 31.2 Å². The van der Waals surface area contributed by atoms with Crippen LogP contribution in [0.15, 0.2) is 24.3 Å². The first-order chi connectivity index (χ1) is 9.17. The van der Waals surface area contributed by atoms with Gasteiger partial charge in [-0.2, -0.15) is 0 Å². The van der Waals surface area contributed by atoms with E-state index < -0.39 is 0 Å². The number of aliphatic hydroxyl groups excluding tert-OH is 1. The molecular weight excluding hydrogens is 282 g/mol. The van der Waals surface area contributed by atoms with Gasteiger partial charge >= 0.3 is 0 Å². The fourth-order valence-electron chi connectivity index (χ4n) is 1.64. The normalized spacial score (nSPS) is 12.4. The molecule has 0 fully saturated rings. The first-order valence-corrected chi connectivity index (χ1v) is 7.31. The Morgan fingerprint density at radius 2 is 2.05 bits per heavy atom. The van der Waals surface area contributed by atoms with Crippen LogP contribution in [0, 0.1) is 0 Å². The molecule has 0 aliphatic rings. The summed E-state index contributed by atoms with van der Waals surface area (Å²) < 4.78 is 0. The Labute approximate surface area is 121 Å². The minimum atomic E-state index is 0.171. The van der Waals surface area contributed by atoms with Gasteiger partial charge in [0.25, 0.3) is 0 Å². The largest absolute Gasteiger partial charge is 0.396 e. The van der Waals surface area contributed by atoms with Gasteiger partial charge in [-0.05, 0) is 31.0 Å². The molecule has 0 saturated carbocycles. The summed E-state index contributed by atoms with van der Waals surface area (Å²) in [7, 11) is 0. The lowest BCUT2D eigenvalue weighted by Crippen LogP contribution is -2.16. The molecule has 6 heteroatoms. The summed E-state index contributed by atoms with van der Waals surface area (Å²) in [6.07, 6.45) is 1.46. The summed E-state index contributed by atoms with van der Waals surface area (Å²) in [5.41, 5.74) is 1.16. The van der Waals surface area contributed by atoms with Crippen LogP contribution in [-0.4, -0.2) is 28.0 Å². The highest BCUT2D eigenvalue weighted by atomic mass is 35.5. The van der Waals surface area contributed by atoms with E-state index in [1.54, 1.807) is 0 Å². The number of rotatable bonds is 6. The molecule has 0 spiro atoms. The van der Waals surface area contributed by atoms with E-state index in [2.05, 4.69) is 15.5 Å². The summed E-state index contributed by atoms with van der Waals surface area (Å²) in [4.78, 5) is 0. The zero-order chi connectivity index (χ0) is 13.7. The third-order valence-electron chi connectivity index (χ3n) is 2.67. The van der Waals surface area contributed by atoms with Gasteiger partial charge in [-0.25, -0.2) is 0 Å². The Morgan fingerprint density at radius 3 is 2.74 bits per heavy atom. The van der Waals surface area contributed by atoms with Gasteiger partial charge in [-0.15, -0.1) is 10.2 Å². The molecule has 19 heavy (non-hydrogen) atoms. The third-order valence-corrected chi connectivity index (χ3v) is 3.77. The van der Waals surface area contributed by atoms with Gasteiger partial charge in [-0.1, -0.05) is 35.1 Å². The molecule has 0 amide bonds. The molecule has 1 aromatic heterocycles. The lowest BCUT2D eigenvalue weighted by atomic mass is 10.2. The number of aromatic nitrogens is 2. The Bertz CT molecular complexity index is 515. The maximum absolute atomic E-state index is 8.85. The first kappa shape index (κ1) is 14.2. The number of hydrogen-bond donors (Lipinski definition) is 2. The minimum Gasteiger partial charge on any atom is -0.396 e. The Balaban J connectivity index is 1.95. The third kappa shape index (κ3) is 4.45. The molecule has 1 unspecified atom stereocenters. The van der Waals surface area contributed by atoms with Gasteiger partial charge < -0.3 is 10.4 Å². The predicted molar refractivity (Wildman–Crippen MR) is 79.0 cm³/mol. The monoisotopic (exact) mass is 297 g/mol. The molecule has 102 valence electrons. The average Bonchev–Trinajstić information content (AvgIpc) is 2.80. The Hall–Kier alpha value is -1.17. The van der Waals surface area contributed by atoms with Gasteiger partial charge in [0, 0.05) is 24.1 Å². The van der Waals surface area contributed by atoms with Crippen LogP contribution in [-0.2, 0) is 6.42 Å². The number of nitrogens with zero attached hydrogens (tertiary/aromatic N) is 2. The molecule has 0 aliphatic heterocycles. The summed E-state index contributed by atoms with van der Waals surface area (Å²) >= 11 is 7.39. The number of hydrogen-bond acceptors (Lipinski definition) is 5. The molecule has 2 aromatic rings. The highest BCUT2D eigenvalue weighted by Gasteiger charge is 2.08. The van der Waals surface area contributed by atoms with Crippen molar-refractivity contribution in [3.8, 4) is 0 Å². The number of anilines is 1. The van der Waals surface area contributed by atoms with Crippen LogP contribution in [0.25, 0.3) is 0 Å². The Morgan fingerprint density at radius 1 is 1.32 bits per heavy atom. The second-order valence-corrected chi connectivity index (χ2v) is 5.86. The Kier molecular flexibility index (Phi) is 5.13. The quantitative estimate of drug-likeness (QED) is 0.860. The van der Waals surface area contributed by atoms with Crippen molar-refractivity contribution in [2.45, 2.75) is 25.8 Å². The van der Waals surface area contributed by atoms with Crippen molar-refractivity contribution >= 4 is 28.1 Å². The van der Waals surface area contributed by atoms with Crippen molar-refractivity contribution in [2.75, 3.05) is 11.9 Å². The maximum atomic E-state index is 8.85. The highest BCUT2D eigenvalue weighted by Crippen LogP contribution is 2.20.